The fraction of sp³-hybridized carbons (Fsp3) is 0.0357. The average molecular weight is 436 g/mol. The van der Waals surface area contributed by atoms with Crippen LogP contribution in [0.1, 0.15) is 36.6 Å². The first kappa shape index (κ1) is 21.7. The number of carbonyl (C=O) groups is 3. The maximum Gasteiger partial charge on any atom is 0.338 e. The van der Waals surface area contributed by atoms with Crippen molar-refractivity contribution < 1.29 is 23.9 Å². The zero-order valence-corrected chi connectivity index (χ0v) is 17.6. The van der Waals surface area contributed by atoms with E-state index in [2.05, 4.69) is 0 Å². The van der Waals surface area contributed by atoms with Crippen LogP contribution in [0.3, 0.4) is 0 Å². The molecule has 4 aromatic rings. The number of esters is 1. The number of carbonyl (C=O) groups excluding carboxylic acids is 3. The van der Waals surface area contributed by atoms with Crippen molar-refractivity contribution in [3.63, 3.8) is 0 Å². The maximum atomic E-state index is 12.5. The molecule has 0 aromatic heterocycles. The number of Topliss-reactive ketones (excluding diaryl/α,β-unsaturated/α-hetero) is 1. The van der Waals surface area contributed by atoms with Gasteiger partial charge in [0.2, 0.25) is 0 Å². The molecule has 5 heteroatoms. The van der Waals surface area contributed by atoms with Crippen molar-refractivity contribution in [2.24, 2.45) is 0 Å². The second kappa shape index (κ2) is 10.2. The molecule has 0 bridgehead atoms. The van der Waals surface area contributed by atoms with Crippen LogP contribution in [0.4, 0.5) is 0 Å². The van der Waals surface area contributed by atoms with E-state index in [-0.39, 0.29) is 18.2 Å². The van der Waals surface area contributed by atoms with Crippen molar-refractivity contribution >= 4 is 17.5 Å². The van der Waals surface area contributed by atoms with Crippen LogP contribution in [0.2, 0.25) is 0 Å². The molecule has 0 aliphatic heterocycles. The molecule has 4 aromatic carbocycles. The van der Waals surface area contributed by atoms with Gasteiger partial charge in [0, 0.05) is 16.7 Å². The predicted molar refractivity (Wildman–Crippen MR) is 124 cm³/mol. The van der Waals surface area contributed by atoms with Crippen molar-refractivity contribution in [3.05, 3.63) is 131 Å². The molecule has 5 nitrogen and oxygen atoms in total. The van der Waals surface area contributed by atoms with Gasteiger partial charge in [-0.3, -0.25) is 9.59 Å². The predicted octanol–water partition coefficient (Wildman–Crippen LogP) is 5.75. The van der Waals surface area contributed by atoms with Gasteiger partial charge in [-0.1, -0.05) is 60.7 Å². The summed E-state index contributed by atoms with van der Waals surface area (Å²) in [6.07, 6.45) is 0. The Kier molecular flexibility index (Phi) is 6.71. The zero-order chi connectivity index (χ0) is 23.0. The third-order valence-electron chi connectivity index (χ3n) is 4.91. The highest BCUT2D eigenvalue weighted by atomic mass is 16.5. The first-order valence-corrected chi connectivity index (χ1v) is 10.3. The maximum absolute atomic E-state index is 12.5. The summed E-state index contributed by atoms with van der Waals surface area (Å²) in [4.78, 5) is 36.8. The van der Waals surface area contributed by atoms with Gasteiger partial charge in [0.15, 0.2) is 18.2 Å². The van der Waals surface area contributed by atoms with Crippen LogP contribution in [-0.4, -0.2) is 24.1 Å². The quantitative estimate of drug-likeness (QED) is 0.260. The molecular formula is C28H20O5. The van der Waals surface area contributed by atoms with Gasteiger partial charge in [-0.25, -0.2) is 4.79 Å². The summed E-state index contributed by atoms with van der Waals surface area (Å²) in [6, 6.07) is 31.0. The lowest BCUT2D eigenvalue weighted by molar-refractivity contribution is 0.0474. The summed E-state index contributed by atoms with van der Waals surface area (Å²) in [5.41, 5.74) is 1.99. The standard InChI is InChI=1S/C28H20O5/c29-26(20-7-3-1-4-8-20)19-32-28(31)23-13-17-25(18-14-23)33-24-15-11-22(12-16-24)27(30)21-9-5-2-6-10-21/h1-18H,19H2. The minimum Gasteiger partial charge on any atom is -0.457 e. The lowest BCUT2D eigenvalue weighted by Gasteiger charge is -2.08. The first-order valence-electron chi connectivity index (χ1n) is 10.3. The van der Waals surface area contributed by atoms with Crippen LogP contribution in [0.15, 0.2) is 109 Å². The second-order valence-electron chi connectivity index (χ2n) is 7.21. The molecule has 0 spiro atoms. The molecule has 0 amide bonds. The number of hydrogen-bond donors (Lipinski definition) is 0. The lowest BCUT2D eigenvalue weighted by Crippen LogP contribution is -2.14. The van der Waals surface area contributed by atoms with Crippen molar-refractivity contribution in [1.82, 2.24) is 0 Å². The van der Waals surface area contributed by atoms with E-state index in [1.807, 2.05) is 24.3 Å². The minimum absolute atomic E-state index is 0.0595. The summed E-state index contributed by atoms with van der Waals surface area (Å²) in [7, 11) is 0. The highest BCUT2D eigenvalue weighted by Crippen LogP contribution is 2.23. The first-order chi connectivity index (χ1) is 16.1. The smallest absolute Gasteiger partial charge is 0.338 e. The van der Waals surface area contributed by atoms with E-state index in [0.717, 1.165) is 0 Å². The molecule has 0 fully saturated rings. The van der Waals surface area contributed by atoms with Crippen molar-refractivity contribution in [3.8, 4) is 11.5 Å². The Labute approximate surface area is 191 Å². The van der Waals surface area contributed by atoms with Gasteiger partial charge in [-0.05, 0) is 48.5 Å². The van der Waals surface area contributed by atoms with E-state index in [0.29, 0.717) is 33.8 Å². The molecule has 0 radical (unpaired) electrons. The summed E-state index contributed by atoms with van der Waals surface area (Å²) in [5.74, 6) is 0.168. The van der Waals surface area contributed by atoms with E-state index < -0.39 is 5.97 Å². The Bertz CT molecular complexity index is 1250. The van der Waals surface area contributed by atoms with Crippen molar-refractivity contribution in [2.45, 2.75) is 0 Å². The number of hydrogen-bond acceptors (Lipinski definition) is 5. The average Bonchev–Trinajstić information content (AvgIpc) is 2.88. The molecule has 0 saturated heterocycles. The molecule has 33 heavy (non-hydrogen) atoms. The van der Waals surface area contributed by atoms with E-state index >= 15 is 0 Å². The molecule has 0 aliphatic rings. The Morgan fingerprint density at radius 2 is 0.970 bits per heavy atom. The lowest BCUT2D eigenvalue weighted by atomic mass is 10.0. The summed E-state index contributed by atoms with van der Waals surface area (Å²) >= 11 is 0. The Morgan fingerprint density at radius 1 is 0.515 bits per heavy atom. The third-order valence-corrected chi connectivity index (χ3v) is 4.91. The van der Waals surface area contributed by atoms with E-state index in [4.69, 9.17) is 9.47 Å². The molecular weight excluding hydrogens is 416 g/mol. The number of benzene rings is 4. The highest BCUT2D eigenvalue weighted by molar-refractivity contribution is 6.09. The van der Waals surface area contributed by atoms with Gasteiger partial charge >= 0.3 is 5.97 Å². The van der Waals surface area contributed by atoms with Gasteiger partial charge in [-0.15, -0.1) is 0 Å². The van der Waals surface area contributed by atoms with E-state index in [1.165, 1.54) is 0 Å². The summed E-state index contributed by atoms with van der Waals surface area (Å²) in [6.45, 7) is -0.324. The number of rotatable bonds is 8. The molecule has 4 rings (SSSR count). The van der Waals surface area contributed by atoms with Crippen LogP contribution >= 0.6 is 0 Å². The monoisotopic (exact) mass is 436 g/mol. The molecule has 162 valence electrons. The Hall–Kier alpha value is -4.51. The van der Waals surface area contributed by atoms with Crippen LogP contribution in [0, 0.1) is 0 Å². The summed E-state index contributed by atoms with van der Waals surface area (Å²) in [5, 5.41) is 0. The topological polar surface area (TPSA) is 69.7 Å². The molecule has 0 heterocycles. The second-order valence-corrected chi connectivity index (χ2v) is 7.21. The van der Waals surface area contributed by atoms with Gasteiger partial charge in [0.1, 0.15) is 11.5 Å². The molecule has 0 unspecified atom stereocenters. The molecule has 0 atom stereocenters. The van der Waals surface area contributed by atoms with Gasteiger partial charge in [-0.2, -0.15) is 0 Å². The molecule has 0 N–H and O–H groups in total. The third kappa shape index (κ3) is 5.60. The largest absolute Gasteiger partial charge is 0.457 e. The summed E-state index contributed by atoms with van der Waals surface area (Å²) < 4.78 is 10.9. The van der Waals surface area contributed by atoms with E-state index in [1.54, 1.807) is 84.9 Å². The van der Waals surface area contributed by atoms with Crippen molar-refractivity contribution in [2.75, 3.05) is 6.61 Å². The van der Waals surface area contributed by atoms with Crippen LogP contribution in [-0.2, 0) is 4.74 Å². The fourth-order valence-corrected chi connectivity index (χ4v) is 3.15. The fourth-order valence-electron chi connectivity index (χ4n) is 3.15. The Morgan fingerprint density at radius 3 is 1.52 bits per heavy atom. The van der Waals surface area contributed by atoms with Gasteiger partial charge in [0.25, 0.3) is 0 Å². The van der Waals surface area contributed by atoms with E-state index in [9.17, 15) is 14.4 Å². The normalized spacial score (nSPS) is 10.3. The van der Waals surface area contributed by atoms with Gasteiger partial charge < -0.3 is 9.47 Å². The van der Waals surface area contributed by atoms with Crippen molar-refractivity contribution in [1.29, 1.82) is 0 Å². The van der Waals surface area contributed by atoms with Crippen LogP contribution < -0.4 is 4.74 Å². The zero-order valence-electron chi connectivity index (χ0n) is 17.6. The number of ether oxygens (including phenoxy) is 2. The van der Waals surface area contributed by atoms with Gasteiger partial charge in [0.05, 0.1) is 5.56 Å². The van der Waals surface area contributed by atoms with Crippen LogP contribution in [0.25, 0.3) is 0 Å². The molecule has 0 aliphatic carbocycles. The molecule has 0 saturated carbocycles. The SMILES string of the molecule is O=C(COC(=O)c1ccc(Oc2ccc(C(=O)c3ccccc3)cc2)cc1)c1ccccc1. The Balaban J connectivity index is 1.33. The number of ketones is 2. The highest BCUT2D eigenvalue weighted by Gasteiger charge is 2.12. The minimum atomic E-state index is -0.588. The van der Waals surface area contributed by atoms with Crippen LogP contribution in [0.5, 0.6) is 11.5 Å².